The van der Waals surface area contributed by atoms with E-state index in [1.54, 1.807) is 0 Å². The molecule has 1 fully saturated rings. The van der Waals surface area contributed by atoms with Crippen molar-refractivity contribution in [2.75, 3.05) is 0 Å². The molecule has 1 saturated heterocycles. The van der Waals surface area contributed by atoms with Crippen molar-refractivity contribution in [3.05, 3.63) is 0 Å². The summed E-state index contributed by atoms with van der Waals surface area (Å²) < 4.78 is 0. The Morgan fingerprint density at radius 3 is 2.57 bits per heavy atom. The summed E-state index contributed by atoms with van der Waals surface area (Å²) >= 11 is 0. The second kappa shape index (κ2) is 3.59. The van der Waals surface area contributed by atoms with E-state index in [1.165, 1.54) is 0 Å². The van der Waals surface area contributed by atoms with E-state index in [0.29, 0.717) is 12.8 Å². The fourth-order valence-corrected chi connectivity index (χ4v) is 2.34. The van der Waals surface area contributed by atoms with E-state index in [0.717, 1.165) is 0 Å². The zero-order chi connectivity index (χ0) is 10.9. The lowest BCUT2D eigenvalue weighted by Crippen LogP contribution is -2.46. The molecule has 0 saturated carbocycles. The third kappa shape index (κ3) is 1.49. The van der Waals surface area contributed by atoms with Crippen molar-refractivity contribution >= 4 is 11.9 Å². The largest absolute Gasteiger partial charge is 0.480 e. The van der Waals surface area contributed by atoms with Gasteiger partial charge in [0.25, 0.3) is 0 Å². The Bertz CT molecular complexity index is 262. The molecule has 0 aromatic rings. The molecule has 14 heavy (non-hydrogen) atoms. The molecule has 1 aliphatic rings. The van der Waals surface area contributed by atoms with Crippen LogP contribution in [0.15, 0.2) is 0 Å². The first-order valence-electron chi connectivity index (χ1n) is 4.96. The van der Waals surface area contributed by atoms with Gasteiger partial charge in [-0.15, -0.1) is 0 Å². The maximum absolute atomic E-state index is 11.3. The minimum atomic E-state index is -0.925. The highest BCUT2D eigenvalue weighted by Gasteiger charge is 2.51. The monoisotopic (exact) mass is 199 g/mol. The third-order valence-corrected chi connectivity index (χ3v) is 3.42. The number of nitrogens with one attached hydrogen (secondary N) is 1. The second-order valence-electron chi connectivity index (χ2n) is 4.26. The summed E-state index contributed by atoms with van der Waals surface area (Å²) in [6.07, 6.45) is 1.04. The average molecular weight is 199 g/mol. The van der Waals surface area contributed by atoms with Gasteiger partial charge in [-0.25, -0.2) is 4.79 Å². The van der Waals surface area contributed by atoms with Gasteiger partial charge in [0.15, 0.2) is 0 Å². The van der Waals surface area contributed by atoms with Crippen molar-refractivity contribution in [1.82, 2.24) is 5.32 Å². The van der Waals surface area contributed by atoms with E-state index in [1.807, 2.05) is 20.8 Å². The van der Waals surface area contributed by atoms with Gasteiger partial charge in [-0.2, -0.15) is 0 Å². The van der Waals surface area contributed by atoms with Crippen LogP contribution in [0, 0.1) is 11.3 Å². The lowest BCUT2D eigenvalue weighted by molar-refractivity contribution is -0.143. The molecule has 1 aliphatic heterocycles. The maximum atomic E-state index is 11.3. The molecule has 0 spiro atoms. The summed E-state index contributed by atoms with van der Waals surface area (Å²) in [6.45, 7) is 5.88. The predicted octanol–water partition coefficient (Wildman–Crippen LogP) is 1.01. The minimum absolute atomic E-state index is 0.145. The fourth-order valence-electron chi connectivity index (χ4n) is 2.34. The van der Waals surface area contributed by atoms with Gasteiger partial charge < -0.3 is 10.4 Å². The Kier molecular flexibility index (Phi) is 2.83. The van der Waals surface area contributed by atoms with Gasteiger partial charge in [0.2, 0.25) is 5.91 Å². The highest BCUT2D eigenvalue weighted by Crippen LogP contribution is 2.42. The molecule has 2 atom stereocenters. The van der Waals surface area contributed by atoms with E-state index in [9.17, 15) is 9.59 Å². The van der Waals surface area contributed by atoms with Crippen molar-refractivity contribution in [3.8, 4) is 0 Å². The van der Waals surface area contributed by atoms with Gasteiger partial charge in [0.1, 0.15) is 6.04 Å². The Labute approximate surface area is 83.7 Å². The standard InChI is InChI=1S/C10H17NO3/c1-4-10(6(2)3)5-7(12)11-8(10)9(13)14/h6,8H,4-5H2,1-3H3,(H,11,12)(H,13,14). The zero-order valence-corrected chi connectivity index (χ0v) is 8.83. The van der Waals surface area contributed by atoms with Crippen LogP contribution in [0.2, 0.25) is 0 Å². The second-order valence-corrected chi connectivity index (χ2v) is 4.26. The minimum Gasteiger partial charge on any atom is -0.480 e. The van der Waals surface area contributed by atoms with Crippen LogP contribution in [0.4, 0.5) is 0 Å². The van der Waals surface area contributed by atoms with Crippen molar-refractivity contribution in [2.24, 2.45) is 11.3 Å². The molecule has 80 valence electrons. The molecular weight excluding hydrogens is 182 g/mol. The Morgan fingerprint density at radius 2 is 2.29 bits per heavy atom. The number of carboxylic acids is 1. The Morgan fingerprint density at radius 1 is 1.71 bits per heavy atom. The van der Waals surface area contributed by atoms with Crippen LogP contribution in [-0.4, -0.2) is 23.0 Å². The summed E-state index contributed by atoms with van der Waals surface area (Å²) in [4.78, 5) is 22.3. The molecule has 4 heteroatoms. The van der Waals surface area contributed by atoms with Crippen LogP contribution in [0.1, 0.15) is 33.6 Å². The van der Waals surface area contributed by atoms with Crippen LogP contribution in [0.5, 0.6) is 0 Å². The van der Waals surface area contributed by atoms with E-state index < -0.39 is 17.4 Å². The highest BCUT2D eigenvalue weighted by atomic mass is 16.4. The Balaban J connectivity index is 3.03. The molecule has 0 aliphatic carbocycles. The molecule has 1 amide bonds. The van der Waals surface area contributed by atoms with Crippen molar-refractivity contribution in [1.29, 1.82) is 0 Å². The van der Waals surface area contributed by atoms with Crippen LogP contribution in [0.25, 0.3) is 0 Å². The summed E-state index contributed by atoms with van der Waals surface area (Å²) in [5.41, 5.74) is -0.414. The van der Waals surface area contributed by atoms with E-state index in [-0.39, 0.29) is 11.8 Å². The molecular formula is C10H17NO3. The molecule has 0 aromatic heterocycles. The fraction of sp³-hybridized carbons (Fsp3) is 0.800. The van der Waals surface area contributed by atoms with Gasteiger partial charge in [0, 0.05) is 11.8 Å². The predicted molar refractivity (Wildman–Crippen MR) is 51.7 cm³/mol. The SMILES string of the molecule is CCC1(C(C)C)CC(=O)NC1C(=O)O. The topological polar surface area (TPSA) is 66.4 Å². The van der Waals surface area contributed by atoms with Crippen LogP contribution >= 0.6 is 0 Å². The molecule has 2 unspecified atom stereocenters. The van der Waals surface area contributed by atoms with Crippen LogP contribution in [0.3, 0.4) is 0 Å². The first-order chi connectivity index (χ1) is 6.44. The highest BCUT2D eigenvalue weighted by molar-refractivity contribution is 5.89. The van der Waals surface area contributed by atoms with Crippen molar-refractivity contribution in [3.63, 3.8) is 0 Å². The molecule has 1 rings (SSSR count). The smallest absolute Gasteiger partial charge is 0.326 e. The molecule has 0 bridgehead atoms. The molecule has 0 radical (unpaired) electrons. The van der Waals surface area contributed by atoms with E-state index in [2.05, 4.69) is 5.32 Å². The maximum Gasteiger partial charge on any atom is 0.326 e. The Hall–Kier alpha value is -1.06. The normalized spacial score (nSPS) is 32.0. The number of hydrogen-bond acceptors (Lipinski definition) is 2. The average Bonchev–Trinajstić information content (AvgIpc) is 2.43. The van der Waals surface area contributed by atoms with Crippen LogP contribution < -0.4 is 5.32 Å². The van der Waals surface area contributed by atoms with Gasteiger partial charge in [-0.3, -0.25) is 4.79 Å². The first-order valence-corrected chi connectivity index (χ1v) is 4.96. The van der Waals surface area contributed by atoms with E-state index in [4.69, 9.17) is 5.11 Å². The third-order valence-electron chi connectivity index (χ3n) is 3.42. The lowest BCUT2D eigenvalue weighted by atomic mass is 9.69. The summed E-state index contributed by atoms with van der Waals surface area (Å²) in [5, 5.41) is 11.6. The lowest BCUT2D eigenvalue weighted by Gasteiger charge is -2.34. The van der Waals surface area contributed by atoms with E-state index >= 15 is 0 Å². The summed E-state index contributed by atoms with van der Waals surface area (Å²) in [7, 11) is 0. The van der Waals surface area contributed by atoms with Gasteiger partial charge in [0.05, 0.1) is 0 Å². The number of rotatable bonds is 3. The van der Waals surface area contributed by atoms with Gasteiger partial charge >= 0.3 is 5.97 Å². The number of hydrogen-bond donors (Lipinski definition) is 2. The number of carbonyl (C=O) groups is 2. The number of carboxylic acid groups (broad SMARTS) is 1. The van der Waals surface area contributed by atoms with Crippen molar-refractivity contribution < 1.29 is 14.7 Å². The molecule has 2 N–H and O–H groups in total. The first kappa shape index (κ1) is 11.0. The van der Waals surface area contributed by atoms with Crippen molar-refractivity contribution in [2.45, 2.75) is 39.7 Å². The van der Waals surface area contributed by atoms with Gasteiger partial charge in [-0.1, -0.05) is 20.8 Å². The number of aliphatic carboxylic acids is 1. The zero-order valence-electron chi connectivity index (χ0n) is 8.83. The molecule has 1 heterocycles. The van der Waals surface area contributed by atoms with Gasteiger partial charge in [-0.05, 0) is 12.3 Å². The summed E-state index contributed by atoms with van der Waals surface area (Å²) in [5.74, 6) is -0.882. The van der Waals surface area contributed by atoms with Crippen LogP contribution in [-0.2, 0) is 9.59 Å². The molecule has 4 nitrogen and oxygen atoms in total. The summed E-state index contributed by atoms with van der Waals surface area (Å²) in [6, 6.07) is -0.722. The molecule has 0 aromatic carbocycles. The quantitative estimate of drug-likeness (QED) is 0.713. The number of carbonyl (C=O) groups excluding carboxylic acids is 1. The number of amides is 1.